The van der Waals surface area contributed by atoms with Crippen LogP contribution in [0.4, 0.5) is 11.9 Å². The molecule has 1 aromatic heterocycles. The maximum absolute atomic E-state index is 5.45. The lowest BCUT2D eigenvalue weighted by molar-refractivity contribution is 0.117. The molecule has 8 nitrogen and oxygen atoms in total. The summed E-state index contributed by atoms with van der Waals surface area (Å²) in [7, 11) is 2.22. The lowest BCUT2D eigenvalue weighted by Crippen LogP contribution is -2.51. The molecule has 4 aliphatic rings. The maximum Gasteiger partial charge on any atom is 0.246 e. The number of morpholine rings is 1. The first-order valence-electron chi connectivity index (χ1n) is 9.97. The fourth-order valence-electron chi connectivity index (χ4n) is 4.59. The summed E-state index contributed by atoms with van der Waals surface area (Å²) in [6, 6.07) is 0.518. The first-order chi connectivity index (χ1) is 12.8. The van der Waals surface area contributed by atoms with Gasteiger partial charge in [0, 0.05) is 45.0 Å². The monoisotopic (exact) mass is 359 g/mol. The van der Waals surface area contributed by atoms with Crippen LogP contribution in [0.1, 0.15) is 19.3 Å². The van der Waals surface area contributed by atoms with Gasteiger partial charge >= 0.3 is 0 Å². The molecular weight excluding hydrogens is 330 g/mol. The van der Waals surface area contributed by atoms with E-state index in [0.717, 1.165) is 70.9 Å². The van der Waals surface area contributed by atoms with Gasteiger partial charge in [0.2, 0.25) is 11.9 Å². The van der Waals surface area contributed by atoms with Gasteiger partial charge in [0.15, 0.2) is 0 Å². The Labute approximate surface area is 154 Å². The molecule has 0 bridgehead atoms. The van der Waals surface area contributed by atoms with Crippen LogP contribution < -0.4 is 10.2 Å². The van der Waals surface area contributed by atoms with Crippen LogP contribution in [0.3, 0.4) is 0 Å². The Balaban J connectivity index is 1.35. The number of likely N-dealkylation sites (N-methyl/N-ethyl adjacent to an activating group) is 1. The third-order valence-corrected chi connectivity index (χ3v) is 6.19. The SMILES string of the molecule is CN1CCN(C2CCCC3=C2Nc2nc(N4CCOCC4)nn2C3)CC1. The molecule has 0 aromatic carbocycles. The summed E-state index contributed by atoms with van der Waals surface area (Å²) < 4.78 is 7.50. The summed E-state index contributed by atoms with van der Waals surface area (Å²) >= 11 is 0. The molecule has 0 saturated carbocycles. The number of aromatic nitrogens is 3. The van der Waals surface area contributed by atoms with E-state index in [2.05, 4.69) is 31.7 Å². The van der Waals surface area contributed by atoms with Crippen LogP contribution in [-0.4, -0.2) is 90.1 Å². The summed E-state index contributed by atoms with van der Waals surface area (Å²) in [5.41, 5.74) is 2.93. The van der Waals surface area contributed by atoms with Gasteiger partial charge in [0.25, 0.3) is 0 Å². The van der Waals surface area contributed by atoms with E-state index in [1.54, 1.807) is 0 Å². The average molecular weight is 359 g/mol. The smallest absolute Gasteiger partial charge is 0.246 e. The number of hydrogen-bond acceptors (Lipinski definition) is 7. The molecule has 1 unspecified atom stereocenters. The predicted octanol–water partition coefficient (Wildman–Crippen LogP) is 0.594. The third-order valence-electron chi connectivity index (χ3n) is 6.19. The molecule has 2 saturated heterocycles. The zero-order valence-corrected chi connectivity index (χ0v) is 15.7. The molecule has 1 aliphatic carbocycles. The minimum Gasteiger partial charge on any atom is -0.378 e. The molecule has 4 heterocycles. The standard InChI is InChI=1S/C18H29N7O/c1-22-5-7-23(8-6-22)15-4-2-3-14-13-25-17(19-16(14)15)20-18(21-25)24-9-11-26-12-10-24/h15H,2-13H2,1H3,(H,19,20,21). The first-order valence-corrected chi connectivity index (χ1v) is 9.97. The van der Waals surface area contributed by atoms with Gasteiger partial charge in [-0.25, -0.2) is 4.68 Å². The highest BCUT2D eigenvalue weighted by molar-refractivity contribution is 5.48. The molecule has 2 fully saturated rings. The van der Waals surface area contributed by atoms with Crippen molar-refractivity contribution in [3.63, 3.8) is 0 Å². The Hall–Kier alpha value is -1.64. The van der Waals surface area contributed by atoms with Crippen LogP contribution in [-0.2, 0) is 11.3 Å². The van der Waals surface area contributed by atoms with Gasteiger partial charge in [-0.2, -0.15) is 4.98 Å². The number of nitrogens with zero attached hydrogens (tertiary/aromatic N) is 6. The van der Waals surface area contributed by atoms with Crippen LogP contribution in [0.2, 0.25) is 0 Å². The molecular formula is C18H29N7O. The second-order valence-corrected chi connectivity index (χ2v) is 7.88. The number of allylic oxidation sites excluding steroid dienone is 1. The van der Waals surface area contributed by atoms with Crippen LogP contribution in [0.5, 0.6) is 0 Å². The van der Waals surface area contributed by atoms with E-state index in [4.69, 9.17) is 14.8 Å². The number of piperazine rings is 1. The highest BCUT2D eigenvalue weighted by Gasteiger charge is 2.34. The molecule has 5 rings (SSSR count). The number of anilines is 2. The second kappa shape index (κ2) is 6.83. The van der Waals surface area contributed by atoms with Crippen molar-refractivity contribution in [1.29, 1.82) is 0 Å². The highest BCUT2D eigenvalue weighted by Crippen LogP contribution is 2.34. The van der Waals surface area contributed by atoms with E-state index >= 15 is 0 Å². The number of hydrogen-bond donors (Lipinski definition) is 1. The topological polar surface area (TPSA) is 61.7 Å². The summed E-state index contributed by atoms with van der Waals surface area (Å²) in [5, 5.41) is 8.44. The van der Waals surface area contributed by atoms with Crippen molar-refractivity contribution in [1.82, 2.24) is 24.6 Å². The van der Waals surface area contributed by atoms with Gasteiger partial charge < -0.3 is 19.9 Å². The van der Waals surface area contributed by atoms with Gasteiger partial charge in [0.05, 0.1) is 25.8 Å². The summed E-state index contributed by atoms with van der Waals surface area (Å²) in [6.45, 7) is 8.80. The molecule has 3 aliphatic heterocycles. The largest absolute Gasteiger partial charge is 0.378 e. The van der Waals surface area contributed by atoms with Crippen LogP contribution in [0, 0.1) is 0 Å². The highest BCUT2D eigenvalue weighted by atomic mass is 16.5. The molecule has 0 radical (unpaired) electrons. The molecule has 26 heavy (non-hydrogen) atoms. The number of rotatable bonds is 2. The van der Waals surface area contributed by atoms with Crippen LogP contribution >= 0.6 is 0 Å². The molecule has 1 N–H and O–H groups in total. The number of fused-ring (bicyclic) bond motifs is 1. The second-order valence-electron chi connectivity index (χ2n) is 7.88. The molecule has 0 amide bonds. The fraction of sp³-hybridized carbons (Fsp3) is 0.778. The van der Waals surface area contributed by atoms with Gasteiger partial charge in [-0.15, -0.1) is 5.10 Å². The number of nitrogens with one attached hydrogen (secondary N) is 1. The van der Waals surface area contributed by atoms with Crippen molar-refractivity contribution >= 4 is 11.9 Å². The lowest BCUT2D eigenvalue weighted by Gasteiger charge is -2.42. The van der Waals surface area contributed by atoms with Crippen molar-refractivity contribution < 1.29 is 4.74 Å². The number of ether oxygens (including phenoxy) is 1. The van der Waals surface area contributed by atoms with E-state index in [1.807, 2.05) is 0 Å². The normalized spacial score (nSPS) is 27.9. The van der Waals surface area contributed by atoms with E-state index < -0.39 is 0 Å². The van der Waals surface area contributed by atoms with Crippen LogP contribution in [0.15, 0.2) is 11.3 Å². The van der Waals surface area contributed by atoms with Gasteiger partial charge in [0.1, 0.15) is 0 Å². The van der Waals surface area contributed by atoms with Gasteiger partial charge in [-0.05, 0) is 31.9 Å². The Morgan fingerprint density at radius 3 is 2.69 bits per heavy atom. The molecule has 1 atom stereocenters. The zero-order chi connectivity index (χ0) is 17.5. The van der Waals surface area contributed by atoms with Crippen molar-refractivity contribution in [2.45, 2.75) is 31.8 Å². The molecule has 8 heteroatoms. The Kier molecular flexibility index (Phi) is 4.34. The Morgan fingerprint density at radius 1 is 1.08 bits per heavy atom. The van der Waals surface area contributed by atoms with Gasteiger partial charge in [-0.3, -0.25) is 4.90 Å². The summed E-state index contributed by atoms with van der Waals surface area (Å²) in [5.74, 6) is 1.75. The first kappa shape index (κ1) is 16.5. The summed E-state index contributed by atoms with van der Waals surface area (Å²) in [4.78, 5) is 12.1. The molecule has 142 valence electrons. The van der Waals surface area contributed by atoms with E-state index in [9.17, 15) is 0 Å². The predicted molar refractivity (Wildman–Crippen MR) is 100 cm³/mol. The Bertz CT molecular complexity index is 686. The lowest BCUT2D eigenvalue weighted by atomic mass is 9.89. The quantitative estimate of drug-likeness (QED) is 0.829. The van der Waals surface area contributed by atoms with Crippen molar-refractivity contribution in [2.75, 3.05) is 69.7 Å². The minimum atomic E-state index is 0.518. The molecule has 1 aromatic rings. The fourth-order valence-corrected chi connectivity index (χ4v) is 4.59. The average Bonchev–Trinajstić information content (AvgIpc) is 3.10. The van der Waals surface area contributed by atoms with Crippen molar-refractivity contribution in [3.8, 4) is 0 Å². The maximum atomic E-state index is 5.45. The van der Waals surface area contributed by atoms with E-state index in [1.165, 1.54) is 30.5 Å². The van der Waals surface area contributed by atoms with Gasteiger partial charge in [-0.1, -0.05) is 0 Å². The van der Waals surface area contributed by atoms with Crippen LogP contribution in [0.25, 0.3) is 0 Å². The van der Waals surface area contributed by atoms with Crippen molar-refractivity contribution in [2.24, 2.45) is 0 Å². The minimum absolute atomic E-state index is 0.518. The third kappa shape index (κ3) is 3.00. The van der Waals surface area contributed by atoms with E-state index in [-0.39, 0.29) is 0 Å². The molecule has 0 spiro atoms. The zero-order valence-electron chi connectivity index (χ0n) is 15.7. The summed E-state index contributed by atoms with van der Waals surface area (Å²) in [6.07, 6.45) is 3.71. The van der Waals surface area contributed by atoms with Crippen molar-refractivity contribution in [3.05, 3.63) is 11.3 Å². The Morgan fingerprint density at radius 2 is 1.88 bits per heavy atom. The van der Waals surface area contributed by atoms with E-state index in [0.29, 0.717) is 6.04 Å².